The van der Waals surface area contributed by atoms with Gasteiger partial charge in [-0.2, -0.15) is 13.2 Å². The van der Waals surface area contributed by atoms with Crippen LogP contribution in [0.2, 0.25) is 5.02 Å². The Morgan fingerprint density at radius 2 is 1.77 bits per heavy atom. The largest absolute Gasteiger partial charge is 0.478 e. The van der Waals surface area contributed by atoms with E-state index < -0.39 is 11.7 Å². The highest BCUT2D eigenvalue weighted by Crippen LogP contribution is 2.37. The van der Waals surface area contributed by atoms with Crippen molar-refractivity contribution in [2.45, 2.75) is 12.6 Å². The third kappa shape index (κ3) is 5.70. The Hall–Kier alpha value is -2.67. The van der Waals surface area contributed by atoms with Gasteiger partial charge < -0.3 is 15.2 Å². The van der Waals surface area contributed by atoms with Crippen molar-refractivity contribution in [1.82, 2.24) is 0 Å². The SMILES string of the molecule is N=C(C=CN)OCCc1ccc(Oc2ccc(Cl)c(C(F)(F)F)c2)cc1. The van der Waals surface area contributed by atoms with Crippen LogP contribution in [0, 0.1) is 5.41 Å². The highest BCUT2D eigenvalue weighted by atomic mass is 35.5. The van der Waals surface area contributed by atoms with Gasteiger partial charge in [0.05, 0.1) is 17.2 Å². The Labute approximate surface area is 153 Å². The number of ether oxygens (including phenoxy) is 2. The zero-order chi connectivity index (χ0) is 19.2. The summed E-state index contributed by atoms with van der Waals surface area (Å²) in [6, 6.07) is 10.2. The van der Waals surface area contributed by atoms with E-state index in [1.165, 1.54) is 18.3 Å². The molecule has 0 aliphatic rings. The molecule has 0 heterocycles. The number of hydrogen-bond acceptors (Lipinski definition) is 4. The second kappa shape index (κ2) is 8.62. The van der Waals surface area contributed by atoms with E-state index in [-0.39, 0.29) is 16.7 Å². The summed E-state index contributed by atoms with van der Waals surface area (Å²) in [5.41, 5.74) is 5.13. The fourth-order valence-electron chi connectivity index (χ4n) is 2.06. The Morgan fingerprint density at radius 3 is 2.38 bits per heavy atom. The van der Waals surface area contributed by atoms with Crippen LogP contribution in [0.15, 0.2) is 54.7 Å². The molecular weight excluding hydrogens is 369 g/mol. The number of nitrogens with one attached hydrogen (secondary N) is 1. The van der Waals surface area contributed by atoms with Crippen LogP contribution >= 0.6 is 11.6 Å². The summed E-state index contributed by atoms with van der Waals surface area (Å²) in [6.07, 6.45) is -1.44. The fourth-order valence-corrected chi connectivity index (χ4v) is 2.28. The van der Waals surface area contributed by atoms with E-state index in [0.29, 0.717) is 18.8 Å². The molecule has 0 spiro atoms. The van der Waals surface area contributed by atoms with Gasteiger partial charge in [0.15, 0.2) is 0 Å². The molecule has 2 aromatic carbocycles. The number of hydrogen-bond donors (Lipinski definition) is 2. The predicted octanol–water partition coefficient (Wildman–Crippen LogP) is 5.16. The van der Waals surface area contributed by atoms with E-state index in [0.717, 1.165) is 17.7 Å². The van der Waals surface area contributed by atoms with Crippen LogP contribution in [-0.4, -0.2) is 12.5 Å². The molecule has 0 aromatic heterocycles. The summed E-state index contributed by atoms with van der Waals surface area (Å²) in [6.45, 7) is 0.301. The van der Waals surface area contributed by atoms with Gasteiger partial charge in [-0.05, 0) is 42.1 Å². The van der Waals surface area contributed by atoms with E-state index in [1.807, 2.05) is 0 Å². The lowest BCUT2D eigenvalue weighted by Gasteiger charge is -2.12. The van der Waals surface area contributed by atoms with Crippen LogP contribution in [-0.2, 0) is 17.3 Å². The number of nitrogens with two attached hydrogens (primary N) is 1. The number of benzene rings is 2. The Bertz CT molecular complexity index is 790. The standard InChI is InChI=1S/C18H16ClF3N2O2/c19-16-6-5-14(11-15(16)18(20,21)22)26-13-3-1-12(2-4-13)8-10-25-17(24)7-9-23/h1-7,9,11,24H,8,10,23H2. The van der Waals surface area contributed by atoms with Gasteiger partial charge in [0.1, 0.15) is 11.5 Å². The fraction of sp³-hybridized carbons (Fsp3) is 0.167. The van der Waals surface area contributed by atoms with Crippen LogP contribution in [0.1, 0.15) is 11.1 Å². The molecular formula is C18H16ClF3N2O2. The van der Waals surface area contributed by atoms with Crippen LogP contribution < -0.4 is 10.5 Å². The normalized spacial score (nSPS) is 11.5. The number of halogens is 4. The molecule has 0 fully saturated rings. The summed E-state index contributed by atoms with van der Waals surface area (Å²) >= 11 is 5.58. The van der Waals surface area contributed by atoms with Gasteiger partial charge in [0.2, 0.25) is 5.90 Å². The van der Waals surface area contributed by atoms with Gasteiger partial charge in [0.25, 0.3) is 0 Å². The highest BCUT2D eigenvalue weighted by Gasteiger charge is 2.33. The van der Waals surface area contributed by atoms with E-state index in [2.05, 4.69) is 0 Å². The molecule has 3 N–H and O–H groups in total. The van der Waals surface area contributed by atoms with E-state index >= 15 is 0 Å². The van der Waals surface area contributed by atoms with Gasteiger partial charge in [-0.3, -0.25) is 5.41 Å². The minimum Gasteiger partial charge on any atom is -0.478 e. The van der Waals surface area contributed by atoms with Crippen LogP contribution in [0.3, 0.4) is 0 Å². The molecule has 0 unspecified atom stereocenters. The summed E-state index contributed by atoms with van der Waals surface area (Å²) in [4.78, 5) is 0. The molecule has 0 aliphatic heterocycles. The van der Waals surface area contributed by atoms with Crippen molar-refractivity contribution in [1.29, 1.82) is 5.41 Å². The average molecular weight is 385 g/mol. The summed E-state index contributed by atoms with van der Waals surface area (Å²) in [7, 11) is 0. The van der Waals surface area contributed by atoms with Gasteiger partial charge in [-0.1, -0.05) is 23.7 Å². The lowest BCUT2D eigenvalue weighted by atomic mass is 10.1. The molecule has 0 radical (unpaired) electrons. The molecule has 0 atom stereocenters. The third-order valence-electron chi connectivity index (χ3n) is 3.30. The first-order valence-electron chi connectivity index (χ1n) is 7.53. The van der Waals surface area contributed by atoms with E-state index in [1.54, 1.807) is 24.3 Å². The maximum Gasteiger partial charge on any atom is 0.417 e. The first-order valence-corrected chi connectivity index (χ1v) is 7.90. The summed E-state index contributed by atoms with van der Waals surface area (Å²) in [5.74, 6) is 0.402. The molecule has 2 rings (SSSR count). The predicted molar refractivity (Wildman–Crippen MR) is 93.7 cm³/mol. The highest BCUT2D eigenvalue weighted by molar-refractivity contribution is 6.31. The van der Waals surface area contributed by atoms with Crippen LogP contribution in [0.4, 0.5) is 13.2 Å². The monoisotopic (exact) mass is 384 g/mol. The second-order valence-corrected chi connectivity index (χ2v) is 5.61. The first-order chi connectivity index (χ1) is 12.3. The lowest BCUT2D eigenvalue weighted by molar-refractivity contribution is -0.137. The van der Waals surface area contributed by atoms with Gasteiger partial charge in [0, 0.05) is 12.5 Å². The smallest absolute Gasteiger partial charge is 0.417 e. The van der Waals surface area contributed by atoms with Gasteiger partial charge in [-0.25, -0.2) is 0 Å². The second-order valence-electron chi connectivity index (χ2n) is 5.21. The van der Waals surface area contributed by atoms with Gasteiger partial charge in [-0.15, -0.1) is 0 Å². The lowest BCUT2D eigenvalue weighted by Crippen LogP contribution is -2.06. The average Bonchev–Trinajstić information content (AvgIpc) is 2.57. The Morgan fingerprint density at radius 1 is 1.12 bits per heavy atom. The quantitative estimate of drug-likeness (QED) is 0.534. The zero-order valence-corrected chi connectivity index (χ0v) is 14.3. The Kier molecular flexibility index (Phi) is 6.52. The minimum absolute atomic E-state index is 0.0318. The Balaban J connectivity index is 1.98. The molecule has 8 heteroatoms. The molecule has 2 aromatic rings. The van der Waals surface area contributed by atoms with Crippen LogP contribution in [0.5, 0.6) is 11.5 Å². The minimum atomic E-state index is -4.55. The van der Waals surface area contributed by atoms with E-state index in [4.69, 9.17) is 32.2 Å². The van der Waals surface area contributed by atoms with Crippen molar-refractivity contribution in [3.63, 3.8) is 0 Å². The number of alkyl halides is 3. The van der Waals surface area contributed by atoms with Crippen molar-refractivity contribution in [3.05, 3.63) is 70.9 Å². The molecule has 0 aliphatic carbocycles. The van der Waals surface area contributed by atoms with Crippen molar-refractivity contribution in [2.24, 2.45) is 5.73 Å². The van der Waals surface area contributed by atoms with Crippen molar-refractivity contribution < 1.29 is 22.6 Å². The summed E-state index contributed by atoms with van der Waals surface area (Å²) in [5, 5.41) is 7.01. The maximum atomic E-state index is 12.9. The zero-order valence-electron chi connectivity index (χ0n) is 13.5. The van der Waals surface area contributed by atoms with Crippen molar-refractivity contribution in [3.8, 4) is 11.5 Å². The maximum absolute atomic E-state index is 12.9. The molecule has 0 saturated heterocycles. The van der Waals surface area contributed by atoms with Crippen LogP contribution in [0.25, 0.3) is 0 Å². The van der Waals surface area contributed by atoms with Crippen molar-refractivity contribution in [2.75, 3.05) is 6.61 Å². The molecule has 0 bridgehead atoms. The van der Waals surface area contributed by atoms with E-state index in [9.17, 15) is 13.2 Å². The topological polar surface area (TPSA) is 68.3 Å². The third-order valence-corrected chi connectivity index (χ3v) is 3.63. The summed E-state index contributed by atoms with van der Waals surface area (Å²) < 4.78 is 49.2. The molecule has 4 nitrogen and oxygen atoms in total. The molecule has 0 amide bonds. The first kappa shape index (κ1) is 19.7. The van der Waals surface area contributed by atoms with Gasteiger partial charge >= 0.3 is 6.18 Å². The molecule has 138 valence electrons. The molecule has 26 heavy (non-hydrogen) atoms. The van der Waals surface area contributed by atoms with Crippen molar-refractivity contribution >= 4 is 17.5 Å². The number of rotatable bonds is 6. The molecule has 0 saturated carbocycles.